The summed E-state index contributed by atoms with van der Waals surface area (Å²) >= 11 is 5.67. The Bertz CT molecular complexity index is 103. The van der Waals surface area contributed by atoms with Crippen LogP contribution in [0.4, 0.5) is 0 Å². The van der Waals surface area contributed by atoms with Crippen molar-refractivity contribution in [3.63, 3.8) is 0 Å². The summed E-state index contributed by atoms with van der Waals surface area (Å²) in [5.74, 6) is 0. The van der Waals surface area contributed by atoms with Crippen LogP contribution in [-0.4, -0.2) is 23.4 Å². The lowest BCUT2D eigenvalue weighted by atomic mass is 10.7. The van der Waals surface area contributed by atoms with Gasteiger partial charge in [0, 0.05) is 6.54 Å². The van der Waals surface area contributed by atoms with Crippen LogP contribution in [0.5, 0.6) is 0 Å². The van der Waals surface area contributed by atoms with Crippen LogP contribution in [0.2, 0.25) is 0 Å². The summed E-state index contributed by atoms with van der Waals surface area (Å²) in [6, 6.07) is 0. The summed E-state index contributed by atoms with van der Waals surface area (Å²) in [4.78, 5) is 1.89. The van der Waals surface area contributed by atoms with E-state index in [9.17, 15) is 0 Å². The molecule has 3 nitrogen and oxygen atoms in total. The van der Waals surface area contributed by atoms with Gasteiger partial charge in [0.15, 0.2) is 5.62 Å². The molecule has 0 aliphatic carbocycles. The third-order valence-corrected chi connectivity index (χ3v) is 1.39. The van der Waals surface area contributed by atoms with Crippen LogP contribution >= 0.6 is 11.6 Å². The molecule has 8 heavy (non-hydrogen) atoms. The minimum absolute atomic E-state index is 0.139. The highest BCUT2D eigenvalue weighted by Crippen LogP contribution is 2.01. The van der Waals surface area contributed by atoms with Crippen LogP contribution in [0.1, 0.15) is 6.92 Å². The van der Waals surface area contributed by atoms with Gasteiger partial charge in [-0.05, 0) is 6.92 Å². The van der Waals surface area contributed by atoms with E-state index in [1.54, 1.807) is 6.34 Å². The summed E-state index contributed by atoms with van der Waals surface area (Å²) in [6.45, 7) is 2.92. The van der Waals surface area contributed by atoms with Crippen LogP contribution in [0.25, 0.3) is 0 Å². The molecule has 0 radical (unpaired) electrons. The first-order chi connectivity index (χ1) is 3.84. The standard InChI is InChI=1S/C4H8ClN3/c1-2-8-3-6-7-4(8)5/h3-4,7H,2H2,1H3. The van der Waals surface area contributed by atoms with E-state index in [4.69, 9.17) is 11.6 Å². The Morgan fingerprint density at radius 2 is 2.75 bits per heavy atom. The van der Waals surface area contributed by atoms with Crippen molar-refractivity contribution in [1.82, 2.24) is 10.3 Å². The Morgan fingerprint density at radius 1 is 2.00 bits per heavy atom. The van der Waals surface area contributed by atoms with E-state index in [-0.39, 0.29) is 5.62 Å². The molecule has 0 saturated carbocycles. The largest absolute Gasteiger partial charge is 0.327 e. The summed E-state index contributed by atoms with van der Waals surface area (Å²) in [6.07, 6.45) is 1.69. The van der Waals surface area contributed by atoms with Gasteiger partial charge < -0.3 is 4.90 Å². The van der Waals surface area contributed by atoms with Crippen molar-refractivity contribution < 1.29 is 0 Å². The molecule has 1 rings (SSSR count). The Labute approximate surface area is 53.3 Å². The fourth-order valence-corrected chi connectivity index (χ4v) is 0.788. The van der Waals surface area contributed by atoms with E-state index in [2.05, 4.69) is 10.5 Å². The van der Waals surface area contributed by atoms with E-state index in [1.165, 1.54) is 0 Å². The molecule has 46 valence electrons. The normalized spacial score (nSPS) is 26.2. The average molecular weight is 134 g/mol. The summed E-state index contributed by atoms with van der Waals surface area (Å²) in [5, 5.41) is 3.74. The third-order valence-electron chi connectivity index (χ3n) is 1.04. The highest BCUT2D eigenvalue weighted by molar-refractivity contribution is 6.20. The zero-order valence-electron chi connectivity index (χ0n) is 4.63. The molecule has 0 fully saturated rings. The molecule has 0 spiro atoms. The molecule has 0 aromatic heterocycles. The monoisotopic (exact) mass is 133 g/mol. The molecule has 1 atom stereocenters. The van der Waals surface area contributed by atoms with Crippen molar-refractivity contribution >= 4 is 17.9 Å². The lowest BCUT2D eigenvalue weighted by Crippen LogP contribution is -2.31. The number of hydrogen-bond acceptors (Lipinski definition) is 3. The molecular weight excluding hydrogens is 126 g/mol. The lowest BCUT2D eigenvalue weighted by Gasteiger charge is -2.14. The number of hydrazone groups is 1. The lowest BCUT2D eigenvalue weighted by molar-refractivity contribution is 0.411. The smallest absolute Gasteiger partial charge is 0.193 e. The molecule has 1 N–H and O–H groups in total. The molecule has 1 unspecified atom stereocenters. The van der Waals surface area contributed by atoms with Crippen LogP contribution in [0.15, 0.2) is 5.10 Å². The van der Waals surface area contributed by atoms with Gasteiger partial charge in [-0.3, -0.25) is 5.43 Å². The SMILES string of the molecule is CCN1C=NNC1Cl. The van der Waals surface area contributed by atoms with Crippen molar-refractivity contribution in [1.29, 1.82) is 0 Å². The molecule has 0 amide bonds. The Hall–Kier alpha value is -0.440. The van der Waals surface area contributed by atoms with Gasteiger partial charge >= 0.3 is 0 Å². The maximum absolute atomic E-state index is 5.67. The van der Waals surface area contributed by atoms with Gasteiger partial charge in [-0.1, -0.05) is 11.6 Å². The number of nitrogens with one attached hydrogen (secondary N) is 1. The topological polar surface area (TPSA) is 27.6 Å². The number of rotatable bonds is 1. The zero-order valence-corrected chi connectivity index (χ0v) is 5.39. The second kappa shape index (κ2) is 2.22. The first-order valence-electron chi connectivity index (χ1n) is 2.53. The van der Waals surface area contributed by atoms with Gasteiger partial charge in [-0.15, -0.1) is 0 Å². The first kappa shape index (κ1) is 5.69. The van der Waals surface area contributed by atoms with Gasteiger partial charge in [0.1, 0.15) is 6.34 Å². The molecular formula is C4H8ClN3. The Morgan fingerprint density at radius 3 is 3.00 bits per heavy atom. The van der Waals surface area contributed by atoms with Crippen molar-refractivity contribution in [3.8, 4) is 0 Å². The van der Waals surface area contributed by atoms with E-state index >= 15 is 0 Å². The summed E-state index contributed by atoms with van der Waals surface area (Å²) < 4.78 is 0. The predicted molar refractivity (Wildman–Crippen MR) is 33.6 cm³/mol. The molecule has 0 aromatic carbocycles. The maximum atomic E-state index is 5.67. The highest BCUT2D eigenvalue weighted by atomic mass is 35.5. The fraction of sp³-hybridized carbons (Fsp3) is 0.750. The van der Waals surface area contributed by atoms with Gasteiger partial charge in [0.05, 0.1) is 0 Å². The number of nitrogens with zero attached hydrogens (tertiary/aromatic N) is 2. The zero-order chi connectivity index (χ0) is 5.98. The molecule has 1 heterocycles. The number of alkyl halides is 1. The van der Waals surface area contributed by atoms with E-state index in [1.807, 2.05) is 11.8 Å². The molecule has 4 heteroatoms. The summed E-state index contributed by atoms with van der Waals surface area (Å²) in [7, 11) is 0. The average Bonchev–Trinajstić information content (AvgIpc) is 2.14. The van der Waals surface area contributed by atoms with Crippen molar-refractivity contribution in [2.45, 2.75) is 12.5 Å². The predicted octanol–water partition coefficient (Wildman–Crippen LogP) is 0.377. The third kappa shape index (κ3) is 0.865. The molecule has 1 aliphatic heterocycles. The molecule has 0 bridgehead atoms. The Balaban J connectivity index is 2.41. The van der Waals surface area contributed by atoms with Crippen molar-refractivity contribution in [3.05, 3.63) is 0 Å². The van der Waals surface area contributed by atoms with Crippen LogP contribution < -0.4 is 5.43 Å². The second-order valence-electron chi connectivity index (χ2n) is 1.54. The van der Waals surface area contributed by atoms with E-state index < -0.39 is 0 Å². The number of hydrogen-bond donors (Lipinski definition) is 1. The van der Waals surface area contributed by atoms with Crippen LogP contribution in [-0.2, 0) is 0 Å². The Kier molecular flexibility index (Phi) is 1.58. The van der Waals surface area contributed by atoms with Gasteiger partial charge in [-0.2, -0.15) is 5.10 Å². The van der Waals surface area contributed by atoms with E-state index in [0.717, 1.165) is 6.54 Å². The molecule has 0 saturated heterocycles. The van der Waals surface area contributed by atoms with Gasteiger partial charge in [-0.25, -0.2) is 0 Å². The minimum atomic E-state index is -0.139. The summed E-state index contributed by atoms with van der Waals surface area (Å²) in [5.41, 5.74) is 2.54. The van der Waals surface area contributed by atoms with Crippen molar-refractivity contribution in [2.24, 2.45) is 5.10 Å². The quantitative estimate of drug-likeness (QED) is 0.414. The van der Waals surface area contributed by atoms with Crippen LogP contribution in [0, 0.1) is 0 Å². The highest BCUT2D eigenvalue weighted by Gasteiger charge is 2.12. The molecule has 1 aliphatic rings. The van der Waals surface area contributed by atoms with Crippen LogP contribution in [0.3, 0.4) is 0 Å². The maximum Gasteiger partial charge on any atom is 0.193 e. The molecule has 0 aromatic rings. The minimum Gasteiger partial charge on any atom is -0.327 e. The second-order valence-corrected chi connectivity index (χ2v) is 1.95. The van der Waals surface area contributed by atoms with E-state index in [0.29, 0.717) is 0 Å². The fourth-order valence-electron chi connectivity index (χ4n) is 0.544. The van der Waals surface area contributed by atoms with Crippen molar-refractivity contribution in [2.75, 3.05) is 6.54 Å². The number of halogens is 1. The van der Waals surface area contributed by atoms with Gasteiger partial charge in [0.2, 0.25) is 0 Å². The first-order valence-corrected chi connectivity index (χ1v) is 2.96. The van der Waals surface area contributed by atoms with Gasteiger partial charge in [0.25, 0.3) is 0 Å².